The van der Waals surface area contributed by atoms with E-state index in [2.05, 4.69) is 11.9 Å². The van der Waals surface area contributed by atoms with E-state index in [0.29, 0.717) is 11.5 Å². The number of pyridine rings is 1. The van der Waals surface area contributed by atoms with E-state index in [4.69, 9.17) is 5.73 Å². The van der Waals surface area contributed by atoms with E-state index >= 15 is 0 Å². The Morgan fingerprint density at radius 2 is 2.25 bits per heavy atom. The summed E-state index contributed by atoms with van der Waals surface area (Å²) in [7, 11) is 0. The third-order valence-electron chi connectivity index (χ3n) is 4.35. The molecule has 3 rings (SSSR count). The van der Waals surface area contributed by atoms with Gasteiger partial charge in [-0.05, 0) is 30.9 Å². The maximum atomic E-state index is 12.8. The molecular weight excluding hydrogens is 248 g/mol. The number of ketones is 1. The van der Waals surface area contributed by atoms with Crippen LogP contribution in [0, 0.1) is 5.92 Å². The molecule has 1 saturated carbocycles. The predicted molar refractivity (Wildman–Crippen MR) is 80.6 cm³/mol. The molecule has 1 aliphatic carbocycles. The second kappa shape index (κ2) is 4.98. The molecule has 2 N–H and O–H groups in total. The summed E-state index contributed by atoms with van der Waals surface area (Å²) in [5.74, 6) is 0.591. The fourth-order valence-corrected chi connectivity index (χ4v) is 3.29. The largest absolute Gasteiger partial charge is 0.319 e. The summed E-state index contributed by atoms with van der Waals surface area (Å²) in [6.45, 7) is 2.18. The monoisotopic (exact) mass is 268 g/mol. The molecule has 2 unspecified atom stereocenters. The van der Waals surface area contributed by atoms with Gasteiger partial charge in [0, 0.05) is 17.1 Å². The van der Waals surface area contributed by atoms with Crippen molar-refractivity contribution in [2.75, 3.05) is 0 Å². The SMILES string of the molecule is CC1CCCC(N)(C(=O)c2ccc3cccnc3c2)C1. The van der Waals surface area contributed by atoms with Gasteiger partial charge in [0.25, 0.3) is 0 Å². The Morgan fingerprint density at radius 3 is 3.05 bits per heavy atom. The van der Waals surface area contributed by atoms with Crippen molar-refractivity contribution in [3.05, 3.63) is 42.1 Å². The molecule has 1 aromatic heterocycles. The standard InChI is InChI=1S/C17H20N2O/c1-12-4-2-8-17(18,11-12)16(20)14-7-6-13-5-3-9-19-15(13)10-14/h3,5-7,9-10,12H,2,4,8,11,18H2,1H3. The van der Waals surface area contributed by atoms with Gasteiger partial charge in [-0.25, -0.2) is 0 Å². The first-order valence-electron chi connectivity index (χ1n) is 7.27. The number of aromatic nitrogens is 1. The van der Waals surface area contributed by atoms with E-state index in [-0.39, 0.29) is 5.78 Å². The van der Waals surface area contributed by atoms with Gasteiger partial charge in [-0.3, -0.25) is 9.78 Å². The van der Waals surface area contributed by atoms with Gasteiger partial charge in [-0.15, -0.1) is 0 Å². The van der Waals surface area contributed by atoms with Crippen LogP contribution >= 0.6 is 0 Å². The highest BCUT2D eigenvalue weighted by Crippen LogP contribution is 2.33. The smallest absolute Gasteiger partial charge is 0.182 e. The lowest BCUT2D eigenvalue weighted by molar-refractivity contribution is 0.0820. The van der Waals surface area contributed by atoms with Crippen molar-refractivity contribution < 1.29 is 4.79 Å². The van der Waals surface area contributed by atoms with Gasteiger partial charge in [0.2, 0.25) is 0 Å². The summed E-state index contributed by atoms with van der Waals surface area (Å²) >= 11 is 0. The lowest BCUT2D eigenvalue weighted by Gasteiger charge is -2.35. The van der Waals surface area contributed by atoms with Crippen molar-refractivity contribution >= 4 is 16.7 Å². The van der Waals surface area contributed by atoms with Crippen molar-refractivity contribution in [1.82, 2.24) is 4.98 Å². The van der Waals surface area contributed by atoms with E-state index in [0.717, 1.165) is 30.2 Å². The zero-order valence-electron chi connectivity index (χ0n) is 11.8. The van der Waals surface area contributed by atoms with E-state index < -0.39 is 5.54 Å². The first-order valence-corrected chi connectivity index (χ1v) is 7.27. The highest BCUT2D eigenvalue weighted by Gasteiger charge is 2.38. The summed E-state index contributed by atoms with van der Waals surface area (Å²) in [5, 5.41) is 1.05. The van der Waals surface area contributed by atoms with Crippen molar-refractivity contribution in [2.24, 2.45) is 11.7 Å². The lowest BCUT2D eigenvalue weighted by atomic mass is 9.73. The maximum absolute atomic E-state index is 12.8. The molecular formula is C17H20N2O. The van der Waals surface area contributed by atoms with Crippen LogP contribution in [-0.4, -0.2) is 16.3 Å². The average Bonchev–Trinajstić information content (AvgIpc) is 2.45. The number of carbonyl (C=O) groups excluding carboxylic acids is 1. The second-order valence-corrected chi connectivity index (χ2v) is 6.10. The molecule has 0 radical (unpaired) electrons. The van der Waals surface area contributed by atoms with Gasteiger partial charge in [-0.1, -0.05) is 38.0 Å². The quantitative estimate of drug-likeness (QED) is 0.850. The average molecular weight is 268 g/mol. The van der Waals surface area contributed by atoms with Crippen LogP contribution < -0.4 is 5.73 Å². The van der Waals surface area contributed by atoms with Crippen LogP contribution in [0.3, 0.4) is 0 Å². The lowest BCUT2D eigenvalue weighted by Crippen LogP contribution is -2.51. The number of fused-ring (bicyclic) bond motifs is 1. The molecule has 1 aliphatic rings. The molecule has 0 spiro atoms. The van der Waals surface area contributed by atoms with Crippen molar-refractivity contribution in [1.29, 1.82) is 0 Å². The fourth-order valence-electron chi connectivity index (χ4n) is 3.29. The number of hydrogen-bond donors (Lipinski definition) is 1. The normalized spacial score (nSPS) is 26.6. The molecule has 2 aromatic rings. The van der Waals surface area contributed by atoms with Gasteiger partial charge < -0.3 is 5.73 Å². The summed E-state index contributed by atoms with van der Waals surface area (Å²) in [4.78, 5) is 17.1. The van der Waals surface area contributed by atoms with E-state index in [1.807, 2.05) is 30.3 Å². The highest BCUT2D eigenvalue weighted by atomic mass is 16.1. The summed E-state index contributed by atoms with van der Waals surface area (Å²) in [5.41, 5.74) is 7.25. The van der Waals surface area contributed by atoms with Crippen molar-refractivity contribution in [2.45, 2.75) is 38.1 Å². The van der Waals surface area contributed by atoms with Gasteiger partial charge in [0.15, 0.2) is 5.78 Å². The van der Waals surface area contributed by atoms with Crippen LogP contribution in [0.5, 0.6) is 0 Å². The first-order chi connectivity index (χ1) is 9.58. The predicted octanol–water partition coefficient (Wildman–Crippen LogP) is 3.33. The summed E-state index contributed by atoms with van der Waals surface area (Å²) < 4.78 is 0. The van der Waals surface area contributed by atoms with Crippen LogP contribution in [0.2, 0.25) is 0 Å². The molecule has 0 bridgehead atoms. The molecule has 1 aromatic carbocycles. The van der Waals surface area contributed by atoms with Crippen molar-refractivity contribution in [3.8, 4) is 0 Å². The van der Waals surface area contributed by atoms with Gasteiger partial charge in [-0.2, -0.15) is 0 Å². The molecule has 0 aliphatic heterocycles. The molecule has 0 saturated heterocycles. The zero-order chi connectivity index (χ0) is 14.2. The first kappa shape index (κ1) is 13.3. The molecule has 104 valence electrons. The van der Waals surface area contributed by atoms with Gasteiger partial charge in [0.1, 0.15) is 0 Å². The minimum Gasteiger partial charge on any atom is -0.319 e. The van der Waals surface area contributed by atoms with Crippen LogP contribution in [0.4, 0.5) is 0 Å². The molecule has 2 atom stereocenters. The third kappa shape index (κ3) is 2.34. The Bertz CT molecular complexity index is 652. The summed E-state index contributed by atoms with van der Waals surface area (Å²) in [6.07, 6.45) is 5.53. The molecule has 3 heteroatoms. The Morgan fingerprint density at radius 1 is 1.40 bits per heavy atom. The van der Waals surface area contributed by atoms with Crippen molar-refractivity contribution in [3.63, 3.8) is 0 Å². The Hall–Kier alpha value is -1.74. The second-order valence-electron chi connectivity index (χ2n) is 6.10. The highest BCUT2D eigenvalue weighted by molar-refractivity contribution is 6.05. The van der Waals surface area contributed by atoms with Crippen LogP contribution in [0.15, 0.2) is 36.5 Å². The van der Waals surface area contributed by atoms with Crippen LogP contribution in [-0.2, 0) is 0 Å². The summed E-state index contributed by atoms with van der Waals surface area (Å²) in [6, 6.07) is 9.59. The Balaban J connectivity index is 1.95. The molecule has 20 heavy (non-hydrogen) atoms. The van der Waals surface area contributed by atoms with E-state index in [1.165, 1.54) is 6.42 Å². The number of Topliss-reactive ketones (excluding diaryl/α,β-unsaturated/α-hetero) is 1. The minimum absolute atomic E-state index is 0.0663. The third-order valence-corrected chi connectivity index (χ3v) is 4.35. The molecule has 0 amide bonds. The van der Waals surface area contributed by atoms with Gasteiger partial charge in [0.05, 0.1) is 11.1 Å². The number of rotatable bonds is 2. The minimum atomic E-state index is -0.694. The molecule has 1 heterocycles. The molecule has 1 fully saturated rings. The van der Waals surface area contributed by atoms with Crippen LogP contribution in [0.1, 0.15) is 43.0 Å². The zero-order valence-corrected chi connectivity index (χ0v) is 11.8. The topological polar surface area (TPSA) is 56.0 Å². The van der Waals surface area contributed by atoms with Gasteiger partial charge >= 0.3 is 0 Å². The number of carbonyl (C=O) groups is 1. The molecule has 3 nitrogen and oxygen atoms in total. The number of benzene rings is 1. The Labute approximate surface area is 119 Å². The fraction of sp³-hybridized carbons (Fsp3) is 0.412. The number of hydrogen-bond acceptors (Lipinski definition) is 3. The number of nitrogens with zero attached hydrogens (tertiary/aromatic N) is 1. The Kier molecular flexibility index (Phi) is 3.30. The van der Waals surface area contributed by atoms with E-state index in [1.54, 1.807) is 6.20 Å². The maximum Gasteiger partial charge on any atom is 0.182 e. The number of nitrogens with two attached hydrogens (primary N) is 1. The van der Waals surface area contributed by atoms with E-state index in [9.17, 15) is 4.79 Å². The van der Waals surface area contributed by atoms with Crippen LogP contribution in [0.25, 0.3) is 10.9 Å².